The van der Waals surface area contributed by atoms with Gasteiger partial charge in [0.1, 0.15) is 11.8 Å². The lowest BCUT2D eigenvalue weighted by atomic mass is 9.93. The first-order valence-corrected chi connectivity index (χ1v) is 15.2. The van der Waals surface area contributed by atoms with E-state index in [1.165, 1.54) is 19.5 Å². The number of anilines is 2. The second-order valence-electron chi connectivity index (χ2n) is 12.6. The number of methoxy groups -OCH3 is 1. The SMILES string of the molecule is C=C(c1ccnc(OC)c1/C=C\C)[C@H](Nc1cc(Cl)c2ncc(C#N)c(NCC(C)(C)C)c2c1)C1=C(F)N(C2(C(F)(F)F)CC2)NN1. The molecule has 3 aromatic rings. The molecule has 3 heterocycles. The average molecular weight is 671 g/mol. The number of rotatable bonds is 10. The number of nitrogens with zero attached hydrogens (tertiary/aromatic N) is 4. The van der Waals surface area contributed by atoms with E-state index in [0.717, 1.165) is 0 Å². The van der Waals surface area contributed by atoms with Crippen molar-refractivity contribution in [2.75, 3.05) is 24.3 Å². The summed E-state index contributed by atoms with van der Waals surface area (Å²) in [6.07, 6.45) is 1.24. The number of ether oxygens (including phenoxy) is 1. The molecule has 1 saturated carbocycles. The number of hydrogen-bond donors (Lipinski definition) is 4. The summed E-state index contributed by atoms with van der Waals surface area (Å²) in [4.78, 5) is 8.65. The van der Waals surface area contributed by atoms with E-state index in [-0.39, 0.29) is 34.9 Å². The van der Waals surface area contributed by atoms with Crippen molar-refractivity contribution in [1.29, 1.82) is 5.26 Å². The third-order valence-corrected chi connectivity index (χ3v) is 8.30. The number of halogens is 5. The fourth-order valence-corrected chi connectivity index (χ4v) is 5.70. The summed E-state index contributed by atoms with van der Waals surface area (Å²) in [7, 11) is 1.46. The highest BCUT2D eigenvalue weighted by atomic mass is 35.5. The minimum Gasteiger partial charge on any atom is -0.481 e. The Morgan fingerprint density at radius 1 is 1.28 bits per heavy atom. The monoisotopic (exact) mass is 670 g/mol. The van der Waals surface area contributed by atoms with Crippen LogP contribution in [0, 0.1) is 16.7 Å². The van der Waals surface area contributed by atoms with E-state index in [0.29, 0.717) is 56.1 Å². The number of alkyl halides is 3. The Labute approximate surface area is 275 Å². The Hall–Kier alpha value is -4.54. The van der Waals surface area contributed by atoms with Crippen molar-refractivity contribution >= 4 is 45.5 Å². The average Bonchev–Trinajstić information content (AvgIpc) is 3.75. The first-order valence-electron chi connectivity index (χ1n) is 14.8. The van der Waals surface area contributed by atoms with Crippen LogP contribution in [-0.4, -0.2) is 46.4 Å². The molecule has 0 radical (unpaired) electrons. The van der Waals surface area contributed by atoms with E-state index in [2.05, 4.69) is 44.2 Å². The third kappa shape index (κ3) is 6.40. The van der Waals surface area contributed by atoms with Crippen LogP contribution in [-0.2, 0) is 0 Å². The number of allylic oxidation sites excluding steroid dienone is 1. The standard InChI is InChI=1S/C33H35ClF4N8O/c1-7-8-22-21(9-12-40-30(22)47-6)18(2)25(28-29(35)46(45-44-28)32(10-11-32)33(36,37)38)43-20-13-23-26(42-17-31(3,4)5)19(15-39)16-41-27(23)24(34)14-20/h7-9,12-14,16,25,43-45H,2,10-11,17H2,1,3-6H3,(H,41,42)/b8-7-/t25-/m0/s1. The van der Waals surface area contributed by atoms with Crippen molar-refractivity contribution in [3.05, 3.63) is 76.6 Å². The zero-order valence-electron chi connectivity index (χ0n) is 26.5. The first-order chi connectivity index (χ1) is 22.2. The molecule has 1 aliphatic carbocycles. The molecular weight excluding hydrogens is 636 g/mol. The van der Waals surface area contributed by atoms with E-state index in [9.17, 15) is 18.4 Å². The number of benzene rings is 1. The molecule has 0 unspecified atom stereocenters. The normalized spacial score (nSPS) is 16.7. The summed E-state index contributed by atoms with van der Waals surface area (Å²) in [5, 5.41) is 17.7. The predicted molar refractivity (Wildman–Crippen MR) is 176 cm³/mol. The molecule has 1 aliphatic heterocycles. The zero-order chi connectivity index (χ0) is 34.3. The number of nitrogens with one attached hydrogen (secondary N) is 4. The Morgan fingerprint density at radius 3 is 2.60 bits per heavy atom. The van der Waals surface area contributed by atoms with Gasteiger partial charge in [-0.2, -0.15) is 22.8 Å². The molecule has 4 N–H and O–H groups in total. The van der Waals surface area contributed by atoms with Gasteiger partial charge in [-0.15, -0.1) is 5.53 Å². The lowest BCUT2D eigenvalue weighted by Gasteiger charge is -2.29. The summed E-state index contributed by atoms with van der Waals surface area (Å²) in [5.74, 6) is -0.860. The quantitative estimate of drug-likeness (QED) is 0.127. The molecule has 1 atom stereocenters. The van der Waals surface area contributed by atoms with Gasteiger partial charge < -0.3 is 20.8 Å². The van der Waals surface area contributed by atoms with Crippen molar-refractivity contribution in [3.63, 3.8) is 0 Å². The Morgan fingerprint density at radius 2 is 2.00 bits per heavy atom. The fraction of sp³-hybridized carbons (Fsp3) is 0.364. The van der Waals surface area contributed by atoms with Crippen molar-refractivity contribution < 1.29 is 22.3 Å². The molecule has 0 bridgehead atoms. The van der Waals surface area contributed by atoms with Crippen LogP contribution in [0.3, 0.4) is 0 Å². The number of nitriles is 1. The molecule has 248 valence electrons. The topological polar surface area (TPSA) is 110 Å². The highest BCUT2D eigenvalue weighted by Crippen LogP contribution is 2.55. The summed E-state index contributed by atoms with van der Waals surface area (Å²) < 4.78 is 63.9. The smallest absolute Gasteiger partial charge is 0.413 e. The summed E-state index contributed by atoms with van der Waals surface area (Å²) in [5.41, 5.74) is 5.25. The van der Waals surface area contributed by atoms with Gasteiger partial charge in [-0.25, -0.2) is 9.99 Å². The number of fused-ring (bicyclic) bond motifs is 1. The third-order valence-electron chi connectivity index (χ3n) is 8.02. The van der Waals surface area contributed by atoms with Gasteiger partial charge in [0.15, 0.2) is 5.54 Å². The molecule has 1 aromatic carbocycles. The molecule has 5 rings (SSSR count). The van der Waals surface area contributed by atoms with Crippen LogP contribution >= 0.6 is 11.6 Å². The molecule has 0 saturated heterocycles. The number of pyridine rings is 2. The van der Waals surface area contributed by atoms with Gasteiger partial charge in [-0.3, -0.25) is 4.98 Å². The van der Waals surface area contributed by atoms with E-state index < -0.39 is 23.7 Å². The maximum absolute atomic E-state index is 16.2. The molecule has 0 amide bonds. The lowest BCUT2D eigenvalue weighted by Crippen LogP contribution is -2.53. The zero-order valence-corrected chi connectivity index (χ0v) is 27.3. The van der Waals surface area contributed by atoms with E-state index in [1.807, 2.05) is 20.8 Å². The Balaban J connectivity index is 1.66. The fourth-order valence-electron chi connectivity index (χ4n) is 5.43. The molecule has 1 fully saturated rings. The van der Waals surface area contributed by atoms with Gasteiger partial charge in [0.05, 0.1) is 34.9 Å². The molecule has 0 spiro atoms. The van der Waals surface area contributed by atoms with Gasteiger partial charge in [0, 0.05) is 35.6 Å². The van der Waals surface area contributed by atoms with Crippen LogP contribution in [0.2, 0.25) is 5.02 Å². The van der Waals surface area contributed by atoms with Gasteiger partial charge in [0.25, 0.3) is 0 Å². The van der Waals surface area contributed by atoms with E-state index in [4.69, 9.17) is 16.3 Å². The van der Waals surface area contributed by atoms with E-state index >= 15 is 4.39 Å². The summed E-state index contributed by atoms with van der Waals surface area (Å²) in [6, 6.07) is 5.95. The minimum absolute atomic E-state index is 0.132. The molecule has 2 aliphatic rings. The van der Waals surface area contributed by atoms with Gasteiger partial charge in [0.2, 0.25) is 11.8 Å². The summed E-state index contributed by atoms with van der Waals surface area (Å²) >= 11 is 6.72. The molecule has 2 aromatic heterocycles. The number of hydrazine groups is 2. The van der Waals surface area contributed by atoms with Gasteiger partial charge in [-0.1, -0.05) is 51.1 Å². The highest BCUT2D eigenvalue weighted by molar-refractivity contribution is 6.35. The largest absolute Gasteiger partial charge is 0.481 e. The second kappa shape index (κ2) is 12.6. The maximum atomic E-state index is 16.2. The van der Waals surface area contributed by atoms with Crippen LogP contribution < -0.4 is 26.3 Å². The Kier molecular flexibility index (Phi) is 9.05. The van der Waals surface area contributed by atoms with E-state index in [1.54, 1.807) is 37.3 Å². The van der Waals surface area contributed by atoms with Crippen LogP contribution in [0.4, 0.5) is 28.9 Å². The predicted octanol–water partition coefficient (Wildman–Crippen LogP) is 7.71. The van der Waals surface area contributed by atoms with Gasteiger partial charge >= 0.3 is 6.18 Å². The van der Waals surface area contributed by atoms with Crippen LogP contribution in [0.5, 0.6) is 5.88 Å². The second-order valence-corrected chi connectivity index (χ2v) is 13.0. The van der Waals surface area contributed by atoms with Crippen molar-refractivity contribution in [2.45, 2.75) is 58.3 Å². The minimum atomic E-state index is -4.68. The maximum Gasteiger partial charge on any atom is 0.413 e. The van der Waals surface area contributed by atoms with Crippen LogP contribution in [0.15, 0.2) is 54.9 Å². The van der Waals surface area contributed by atoms with Crippen LogP contribution in [0.25, 0.3) is 22.6 Å². The molecule has 9 nitrogen and oxygen atoms in total. The van der Waals surface area contributed by atoms with Gasteiger partial charge in [-0.05, 0) is 54.5 Å². The number of hydrogen-bond acceptors (Lipinski definition) is 9. The lowest BCUT2D eigenvalue weighted by molar-refractivity contribution is -0.201. The summed E-state index contributed by atoms with van der Waals surface area (Å²) in [6.45, 7) is 12.7. The number of aromatic nitrogens is 2. The highest BCUT2D eigenvalue weighted by Gasteiger charge is 2.69. The first kappa shape index (κ1) is 33.8. The van der Waals surface area contributed by atoms with Crippen molar-refractivity contribution in [3.8, 4) is 11.9 Å². The molecule has 47 heavy (non-hydrogen) atoms. The van der Waals surface area contributed by atoms with Crippen LogP contribution in [0.1, 0.15) is 57.2 Å². The Bertz CT molecular complexity index is 1820. The molecular formula is C33H35ClF4N8O. The molecule has 14 heteroatoms. The van der Waals surface area contributed by atoms with Crippen molar-refractivity contribution in [1.82, 2.24) is 25.9 Å². The van der Waals surface area contributed by atoms with Crippen molar-refractivity contribution in [2.24, 2.45) is 5.41 Å².